The van der Waals surface area contributed by atoms with Gasteiger partial charge in [-0.2, -0.15) is 9.97 Å². The highest BCUT2D eigenvalue weighted by Gasteiger charge is 2.39. The number of piperidine rings is 2. The number of likely N-dealkylation sites (N-methyl/N-ethyl adjacent to an activating group) is 1. The maximum atomic E-state index is 13.4. The average Bonchev–Trinajstić information content (AvgIpc) is 3.24. The van der Waals surface area contributed by atoms with E-state index in [9.17, 15) is 38.4 Å². The van der Waals surface area contributed by atoms with Crippen molar-refractivity contribution < 1.29 is 62.0 Å². The molecular formula is C58H85N13O14. The lowest BCUT2D eigenvalue weighted by Crippen LogP contribution is -2.48. The Bertz CT molecular complexity index is 2880. The van der Waals surface area contributed by atoms with E-state index in [0.29, 0.717) is 86.9 Å². The van der Waals surface area contributed by atoms with Gasteiger partial charge >= 0.3 is 23.8 Å². The van der Waals surface area contributed by atoms with Gasteiger partial charge in [0.25, 0.3) is 0 Å². The number of amides is 7. The largest absolute Gasteiger partial charge is 0.496 e. The van der Waals surface area contributed by atoms with Gasteiger partial charge in [-0.15, -0.1) is 0 Å². The molecular weight excluding hydrogens is 1100 g/mol. The number of nitrogens with zero attached hydrogens (tertiary/aromatic N) is 6. The zero-order valence-corrected chi connectivity index (χ0v) is 49.6. The van der Waals surface area contributed by atoms with Crippen molar-refractivity contribution in [1.82, 2.24) is 50.2 Å². The number of aromatic nitrogens is 4. The van der Waals surface area contributed by atoms with Gasteiger partial charge in [-0.25, -0.2) is 14.4 Å². The van der Waals surface area contributed by atoms with Crippen LogP contribution in [-0.4, -0.2) is 189 Å². The summed E-state index contributed by atoms with van der Waals surface area (Å²) in [6.45, 7) is 12.0. The lowest BCUT2D eigenvalue weighted by Gasteiger charge is -2.46. The summed E-state index contributed by atoms with van der Waals surface area (Å²) in [4.78, 5) is 115. The number of nitrogen functional groups attached to an aromatic ring is 1. The molecule has 6 rings (SSSR count). The number of H-pyrrole nitrogens is 1. The van der Waals surface area contributed by atoms with E-state index in [4.69, 9.17) is 39.9 Å². The van der Waals surface area contributed by atoms with Gasteiger partial charge in [0, 0.05) is 63.5 Å². The van der Waals surface area contributed by atoms with Crippen LogP contribution in [0, 0.1) is 5.41 Å². The molecule has 2 aliphatic rings. The molecule has 0 radical (unpaired) electrons. The Morgan fingerprint density at radius 1 is 0.847 bits per heavy atom. The van der Waals surface area contributed by atoms with Crippen LogP contribution < -0.4 is 47.9 Å². The number of hydrogen-bond acceptors (Lipinski definition) is 18. The molecule has 1 spiro atoms. The van der Waals surface area contributed by atoms with Crippen LogP contribution in [0.1, 0.15) is 88.8 Å². The number of hydrogen-bond donors (Lipinski definition) is 7. The fraction of sp³-hybridized carbons (Fsp3) is 0.552. The number of fused-ring (bicyclic) bond motifs is 1. The second kappa shape index (κ2) is 35.9. The van der Waals surface area contributed by atoms with Crippen LogP contribution in [0.4, 0.5) is 21.1 Å². The number of ether oxygens (including phenoxy) is 6. The molecule has 0 saturated carbocycles. The Kier molecular flexibility index (Phi) is 28.6. The number of nitrogens with two attached hydrogens (primary N) is 2. The summed E-state index contributed by atoms with van der Waals surface area (Å²) in [5.74, 6) is -1.09. The van der Waals surface area contributed by atoms with Gasteiger partial charge in [0.15, 0.2) is 11.5 Å². The normalized spacial score (nSPS) is 14.2. The summed E-state index contributed by atoms with van der Waals surface area (Å²) in [5, 5.41) is 10.4. The first-order valence-corrected chi connectivity index (χ1v) is 28.8. The molecule has 9 N–H and O–H groups in total. The minimum absolute atomic E-state index is 0.0203. The van der Waals surface area contributed by atoms with Crippen molar-refractivity contribution in [2.75, 3.05) is 117 Å². The van der Waals surface area contributed by atoms with E-state index in [1.54, 1.807) is 43.3 Å². The Hall–Kier alpha value is -8.14. The number of carbonyl (C=O) groups is 7. The number of primary amides is 1. The number of likely N-dealkylation sites (tertiary alicyclic amines) is 2. The highest BCUT2D eigenvalue weighted by atomic mass is 16.6. The van der Waals surface area contributed by atoms with Crippen molar-refractivity contribution in [1.29, 1.82) is 0 Å². The van der Waals surface area contributed by atoms with E-state index < -0.39 is 36.3 Å². The first-order chi connectivity index (χ1) is 41.0. The van der Waals surface area contributed by atoms with Crippen LogP contribution in [0.25, 0.3) is 11.2 Å². The first-order valence-electron chi connectivity index (χ1n) is 28.8. The predicted molar refractivity (Wildman–Crippen MR) is 316 cm³/mol. The third-order valence-electron chi connectivity index (χ3n) is 14.1. The van der Waals surface area contributed by atoms with Crippen molar-refractivity contribution in [2.45, 2.75) is 97.9 Å². The van der Waals surface area contributed by atoms with E-state index in [1.165, 1.54) is 22.0 Å². The summed E-state index contributed by atoms with van der Waals surface area (Å²) in [7, 11) is 3.20. The number of anilines is 2. The van der Waals surface area contributed by atoms with E-state index in [1.807, 2.05) is 19.1 Å². The average molecular weight is 1190 g/mol. The molecule has 1 atom stereocenters. The molecule has 7 amide bonds. The smallest absolute Gasteiger partial charge is 0.410 e. The van der Waals surface area contributed by atoms with Gasteiger partial charge in [0.2, 0.25) is 23.6 Å². The molecule has 1 unspecified atom stereocenters. The molecule has 4 heterocycles. The van der Waals surface area contributed by atoms with Crippen molar-refractivity contribution in [3.63, 3.8) is 0 Å². The van der Waals surface area contributed by atoms with Crippen molar-refractivity contribution in [3.8, 4) is 11.8 Å². The van der Waals surface area contributed by atoms with E-state index in [0.717, 1.165) is 62.5 Å². The quantitative estimate of drug-likeness (QED) is 0.0210. The summed E-state index contributed by atoms with van der Waals surface area (Å²) in [6, 6.07) is 11.2. The molecule has 85 heavy (non-hydrogen) atoms. The monoisotopic (exact) mass is 1190 g/mol. The third kappa shape index (κ3) is 22.8. The minimum atomic E-state index is -1.02. The van der Waals surface area contributed by atoms with Crippen molar-refractivity contribution in [3.05, 3.63) is 81.8 Å². The van der Waals surface area contributed by atoms with Crippen LogP contribution in [0.15, 0.2) is 59.4 Å². The third-order valence-corrected chi connectivity index (χ3v) is 14.1. The molecule has 466 valence electrons. The van der Waals surface area contributed by atoms with E-state index >= 15 is 0 Å². The molecule has 0 aliphatic carbocycles. The number of nitrogens with one attached hydrogen (secondary N) is 5. The van der Waals surface area contributed by atoms with Crippen LogP contribution in [0.2, 0.25) is 0 Å². The Morgan fingerprint density at radius 2 is 1.51 bits per heavy atom. The topological polar surface area (TPSA) is 348 Å². The highest BCUT2D eigenvalue weighted by molar-refractivity contribution is 5.98. The Morgan fingerprint density at radius 3 is 2.16 bits per heavy atom. The SMILES string of the molecule is CCC.CCOc1nc(N)c2[nH]c(=O)n(Cc3ccc(CN4CCC5(CC4)CCN(C(=O)OCc4ccc(NC(=O)C(CCCNC(N)=O)NC(=O)CNC(=O)CCOCCOCCOCCN(C)C(=O)/C=C\C=O)cc4)CC5)cc3OC)c2n1. The number of allylic oxidation sites excluding steroid dienone is 1. The molecule has 27 heteroatoms. The Labute approximate surface area is 495 Å². The Balaban J connectivity index is 0.00000431. The molecule has 2 fully saturated rings. The zero-order chi connectivity index (χ0) is 61.6. The fourth-order valence-electron chi connectivity index (χ4n) is 9.38. The molecule has 2 saturated heterocycles. The second-order valence-electron chi connectivity index (χ2n) is 20.6. The number of carbonyl (C=O) groups excluding carboxylic acids is 7. The number of imidazole rings is 1. The van der Waals surface area contributed by atoms with Gasteiger partial charge in [0.05, 0.1) is 66.4 Å². The number of rotatable bonds is 32. The summed E-state index contributed by atoms with van der Waals surface area (Å²) >= 11 is 0. The van der Waals surface area contributed by atoms with E-state index in [-0.39, 0.29) is 87.3 Å². The van der Waals surface area contributed by atoms with Crippen molar-refractivity contribution >= 4 is 64.7 Å². The zero-order valence-electron chi connectivity index (χ0n) is 49.6. The maximum absolute atomic E-state index is 13.4. The van der Waals surface area contributed by atoms with Crippen molar-refractivity contribution in [2.24, 2.45) is 11.1 Å². The summed E-state index contributed by atoms with van der Waals surface area (Å²) < 4.78 is 34.8. The molecule has 27 nitrogen and oxygen atoms in total. The number of aromatic amines is 1. The molecule has 2 aromatic heterocycles. The number of aldehydes is 1. The highest BCUT2D eigenvalue weighted by Crippen LogP contribution is 2.42. The molecule has 4 aromatic rings. The minimum Gasteiger partial charge on any atom is -0.496 e. The van der Waals surface area contributed by atoms with Crippen LogP contribution >= 0.6 is 0 Å². The maximum Gasteiger partial charge on any atom is 0.410 e. The number of urea groups is 1. The van der Waals surface area contributed by atoms with Gasteiger partial charge < -0.3 is 75.9 Å². The van der Waals surface area contributed by atoms with Gasteiger partial charge in [-0.1, -0.05) is 44.5 Å². The molecule has 2 aliphatic heterocycles. The van der Waals surface area contributed by atoms with E-state index in [2.05, 4.69) is 61.0 Å². The summed E-state index contributed by atoms with van der Waals surface area (Å²) in [6.07, 6.45) is 7.91. The standard InChI is InChI=1S/C55H77N13O14.C3H8/c1-4-81-52-63-48(56)47-49(64-52)68(53(75)62-47)36-40-12-9-39(33-43(40)77-3)35-66-21-16-55(17-22-66)18-23-67(24-19-55)54(76)82-37-38-10-13-41(14-11-38)60-50(73)42(7-5-20-58-51(57)74)61-45(71)34-59-44(70)15-27-78-29-31-80-32-30-79-28-25-65(2)46(72)8-6-26-69;1-3-2/h6,8-14,26,33,42H,4-5,7,15-25,27-32,34-37H2,1-3H3,(H,59,70)(H,60,73)(H,61,71)(H,62,75)(H2,56,63,64)(H3,57,58,74);3H2,1-2H3/b8-6-;. The number of methoxy groups -OCH3 is 1. The lowest BCUT2D eigenvalue weighted by atomic mass is 9.71. The van der Waals surface area contributed by atoms with Crippen LogP contribution in [-0.2, 0) is 62.6 Å². The lowest BCUT2D eigenvalue weighted by molar-refractivity contribution is -0.128. The van der Waals surface area contributed by atoms with Gasteiger partial charge in [0.1, 0.15) is 30.2 Å². The van der Waals surface area contributed by atoms with Gasteiger partial charge in [-0.05, 0) is 99.4 Å². The first kappa shape index (κ1) is 67.6. The second-order valence-corrected chi connectivity index (χ2v) is 20.6. The van der Waals surface area contributed by atoms with Crippen LogP contribution in [0.3, 0.4) is 0 Å². The molecule has 0 bridgehead atoms. The molecule has 2 aromatic carbocycles. The van der Waals surface area contributed by atoms with Crippen LogP contribution in [0.5, 0.6) is 11.8 Å². The fourth-order valence-corrected chi connectivity index (χ4v) is 9.38. The predicted octanol–water partition coefficient (Wildman–Crippen LogP) is 3.23. The summed E-state index contributed by atoms with van der Waals surface area (Å²) in [5.41, 5.74) is 14.8. The number of benzene rings is 2. The van der Waals surface area contributed by atoms with Gasteiger partial charge in [-0.3, -0.25) is 33.4 Å².